The first-order valence-electron chi connectivity index (χ1n) is 15.0. The first-order chi connectivity index (χ1) is 19.6. The second-order valence-electron chi connectivity index (χ2n) is 14.7. The summed E-state index contributed by atoms with van der Waals surface area (Å²) in [7, 11) is 0. The van der Waals surface area contributed by atoms with Crippen LogP contribution in [0.5, 0.6) is 6.01 Å². The quantitative estimate of drug-likeness (QED) is 0.333. The molecule has 0 radical (unpaired) electrons. The molecule has 9 nitrogen and oxygen atoms in total. The zero-order valence-electron chi connectivity index (χ0n) is 25.8. The van der Waals surface area contributed by atoms with Crippen LogP contribution in [0.4, 0.5) is 15.0 Å². The van der Waals surface area contributed by atoms with Crippen molar-refractivity contribution in [2.45, 2.75) is 84.5 Å². The molecule has 6 heterocycles. The summed E-state index contributed by atoms with van der Waals surface area (Å²) in [4.78, 5) is 40.1. The van der Waals surface area contributed by atoms with E-state index >= 15 is 4.39 Å². The number of hydrogen-bond donors (Lipinski definition) is 0. The van der Waals surface area contributed by atoms with Crippen molar-refractivity contribution < 1.29 is 18.7 Å². The van der Waals surface area contributed by atoms with Crippen LogP contribution in [-0.2, 0) is 4.74 Å². The topological polar surface area (TPSA) is 83.9 Å². The van der Waals surface area contributed by atoms with Gasteiger partial charge in [-0.05, 0) is 20.8 Å². The van der Waals surface area contributed by atoms with E-state index in [0.717, 1.165) is 38.8 Å². The molecule has 2 aromatic rings. The van der Waals surface area contributed by atoms with Gasteiger partial charge in [-0.25, -0.2) is 0 Å². The third kappa shape index (κ3) is 5.37. The van der Waals surface area contributed by atoms with Gasteiger partial charge in [-0.15, -0.1) is 0 Å². The average molecular weight is 685 g/mol. The molecule has 0 saturated carbocycles. The summed E-state index contributed by atoms with van der Waals surface area (Å²) >= 11 is -2.89. The van der Waals surface area contributed by atoms with Gasteiger partial charge >= 0.3 is 232 Å². The van der Waals surface area contributed by atoms with Gasteiger partial charge in [0.2, 0.25) is 0 Å². The van der Waals surface area contributed by atoms with Crippen LogP contribution in [0.3, 0.4) is 0 Å². The number of aromatic nitrogens is 3. The van der Waals surface area contributed by atoms with Crippen molar-refractivity contribution in [3.8, 4) is 6.01 Å². The van der Waals surface area contributed by atoms with Crippen LogP contribution >= 0.6 is 0 Å². The van der Waals surface area contributed by atoms with Crippen LogP contribution in [0, 0.1) is 5.82 Å². The number of ether oxygens (including phenoxy) is 2. The van der Waals surface area contributed by atoms with E-state index in [4.69, 9.17) is 14.5 Å². The van der Waals surface area contributed by atoms with Crippen molar-refractivity contribution in [3.63, 3.8) is 0 Å². The number of fused-ring (bicyclic) bond motifs is 4. The number of carbonyl (C=O) groups excluding carboxylic acids is 1. The first-order valence-corrected chi connectivity index (χ1v) is 25.0. The number of anilines is 1. The van der Waals surface area contributed by atoms with Crippen LogP contribution in [0.15, 0.2) is 30.5 Å². The van der Waals surface area contributed by atoms with E-state index in [9.17, 15) is 4.79 Å². The number of hydrogen-bond acceptors (Lipinski definition) is 8. The van der Waals surface area contributed by atoms with E-state index in [0.29, 0.717) is 34.6 Å². The normalized spacial score (nSPS) is 24.1. The van der Waals surface area contributed by atoms with Crippen molar-refractivity contribution in [1.82, 2.24) is 24.8 Å². The van der Waals surface area contributed by atoms with Crippen molar-refractivity contribution in [2.24, 2.45) is 0 Å². The van der Waals surface area contributed by atoms with Gasteiger partial charge in [-0.2, -0.15) is 0 Å². The minimum atomic E-state index is -2.89. The zero-order chi connectivity index (χ0) is 30.2. The van der Waals surface area contributed by atoms with E-state index in [-0.39, 0.29) is 41.1 Å². The monoisotopic (exact) mass is 686 g/mol. The van der Waals surface area contributed by atoms with Crippen LogP contribution in [-0.4, -0.2) is 105 Å². The van der Waals surface area contributed by atoms with Gasteiger partial charge < -0.3 is 0 Å². The standard InChI is InChI=1S/C28H34FN6O3.3CH3.Sn/c1-17-8-28(9-18(2)13-34(28)12-17)16-37-25-31-23-21(10-30-11-22(23)29)24(32-25)33-14-19-6-7-20(15-33)35(19)26(36)38-27(3,4)5;;;;/h10,19-20H,1-2,6-9,12-16H2,3-5H3;3*1H3;/t19-,20+;;;;. The van der Waals surface area contributed by atoms with Crippen molar-refractivity contribution in [3.05, 3.63) is 36.3 Å². The van der Waals surface area contributed by atoms with E-state index in [2.05, 4.69) is 47.7 Å². The Bertz CT molecular complexity index is 1430. The third-order valence-electron chi connectivity index (χ3n) is 8.87. The van der Waals surface area contributed by atoms with Crippen LogP contribution in [0.1, 0.15) is 46.5 Å². The van der Waals surface area contributed by atoms with Crippen LogP contribution in [0.25, 0.3) is 10.9 Å². The maximum absolute atomic E-state index is 16.2. The molecule has 2 aromatic heterocycles. The van der Waals surface area contributed by atoms with Gasteiger partial charge in [-0.3, -0.25) is 0 Å². The van der Waals surface area contributed by atoms with Crippen LogP contribution < -0.4 is 13.3 Å². The van der Waals surface area contributed by atoms with Gasteiger partial charge in [-0.1, -0.05) is 0 Å². The van der Waals surface area contributed by atoms with E-state index in [1.807, 2.05) is 25.7 Å². The molecule has 0 N–H and O–H groups in total. The number of nitrogens with zero attached hydrogens (tertiary/aromatic N) is 6. The second kappa shape index (κ2) is 10.3. The second-order valence-corrected chi connectivity index (χ2v) is 28.9. The maximum atomic E-state index is 16.2. The SMILES string of the molecule is C=C1CN2CC(=C)CC2(COc2nc(N3C[C@H]4CC[C@@H](C3)N4C(=O)OC(C)(C)C)c3cn[c]([Sn]([CH3])([CH3])[CH3])c(F)c3n2)C1. The molecule has 6 rings (SSSR count). The zero-order valence-corrected chi connectivity index (χ0v) is 28.7. The Kier molecular flexibility index (Phi) is 7.27. The predicted octanol–water partition coefficient (Wildman–Crippen LogP) is 4.64. The van der Waals surface area contributed by atoms with Gasteiger partial charge in [0.15, 0.2) is 0 Å². The number of piperazine rings is 1. The van der Waals surface area contributed by atoms with Gasteiger partial charge in [0, 0.05) is 0 Å². The fourth-order valence-corrected chi connectivity index (χ4v) is 10.7. The average Bonchev–Trinajstić information content (AvgIpc) is 3.44. The Balaban J connectivity index is 1.35. The molecule has 2 bridgehead atoms. The number of rotatable bonds is 5. The van der Waals surface area contributed by atoms with E-state index in [1.54, 1.807) is 6.20 Å². The summed E-state index contributed by atoms with van der Waals surface area (Å²) in [5.74, 6) is 0.252. The molecule has 0 aromatic carbocycles. The van der Waals surface area contributed by atoms with E-state index < -0.39 is 24.0 Å². The molecule has 4 fully saturated rings. The summed E-state index contributed by atoms with van der Waals surface area (Å²) in [6, 6.07) is 0.138. The summed E-state index contributed by atoms with van der Waals surface area (Å²) < 4.78 is 28.8. The van der Waals surface area contributed by atoms with Crippen molar-refractivity contribution >= 4 is 44.9 Å². The molecule has 0 spiro atoms. The number of carbonyl (C=O) groups is 1. The predicted molar refractivity (Wildman–Crippen MR) is 165 cm³/mol. The molecule has 4 aliphatic heterocycles. The molecule has 226 valence electrons. The van der Waals surface area contributed by atoms with Crippen molar-refractivity contribution in [1.29, 1.82) is 0 Å². The molecule has 1 amide bonds. The number of amides is 1. The van der Waals surface area contributed by atoms with Gasteiger partial charge in [0.1, 0.15) is 0 Å². The fraction of sp³-hybridized carbons (Fsp3) is 0.613. The third-order valence-corrected chi connectivity index (χ3v) is 13.9. The minimum absolute atomic E-state index is 0.0164. The molecule has 42 heavy (non-hydrogen) atoms. The Morgan fingerprint density at radius 2 is 1.71 bits per heavy atom. The van der Waals surface area contributed by atoms with E-state index in [1.165, 1.54) is 11.1 Å². The van der Waals surface area contributed by atoms with Gasteiger partial charge in [0.25, 0.3) is 0 Å². The molecular formula is C31H43FN6O3Sn. The van der Waals surface area contributed by atoms with Gasteiger partial charge in [0.05, 0.1) is 0 Å². The molecule has 0 unspecified atom stereocenters. The molecule has 4 aliphatic rings. The molecule has 0 aliphatic carbocycles. The Morgan fingerprint density at radius 3 is 2.29 bits per heavy atom. The number of halogens is 1. The summed E-state index contributed by atoms with van der Waals surface area (Å²) in [5, 5.41) is 0.576. The molecular weight excluding hydrogens is 642 g/mol. The Labute approximate surface area is 252 Å². The fourth-order valence-electron chi connectivity index (χ4n) is 7.19. The van der Waals surface area contributed by atoms with Crippen LogP contribution in [0.2, 0.25) is 14.8 Å². The Hall–Kier alpha value is -2.47. The Morgan fingerprint density at radius 1 is 1.10 bits per heavy atom. The number of pyridine rings is 1. The summed E-state index contributed by atoms with van der Waals surface area (Å²) in [5.41, 5.74) is 1.85. The summed E-state index contributed by atoms with van der Waals surface area (Å²) in [6.07, 6.45) is 4.90. The first kappa shape index (κ1) is 29.6. The molecule has 11 heteroatoms. The summed E-state index contributed by atoms with van der Waals surface area (Å²) in [6.45, 7) is 17.3. The molecule has 2 atom stereocenters. The molecule has 4 saturated heterocycles. The van der Waals surface area contributed by atoms with Crippen molar-refractivity contribution in [2.75, 3.05) is 37.7 Å².